The molecule has 252 valence electrons. The van der Waals surface area contributed by atoms with Gasteiger partial charge in [-0.05, 0) is 0 Å². The molecule has 0 aliphatic carbocycles. The van der Waals surface area contributed by atoms with Crippen LogP contribution in [0.5, 0.6) is 0 Å². The molecule has 2 heteroatoms. The van der Waals surface area contributed by atoms with Crippen LogP contribution in [0.1, 0.15) is 185 Å². The third kappa shape index (κ3) is 8.12. The van der Waals surface area contributed by atoms with Gasteiger partial charge in [0.1, 0.15) is 0 Å². The molecule has 0 unspecified atom stereocenters. The van der Waals surface area contributed by atoms with Crippen molar-refractivity contribution in [1.82, 2.24) is 0 Å². The van der Waals surface area contributed by atoms with Gasteiger partial charge in [0, 0.05) is 0 Å². The Morgan fingerprint density at radius 2 is 0.935 bits per heavy atom. The normalized spacial score (nSPS) is 13.4. The van der Waals surface area contributed by atoms with Gasteiger partial charge in [0.25, 0.3) is 0 Å². The van der Waals surface area contributed by atoms with Gasteiger partial charge in [-0.25, -0.2) is 0 Å². The first kappa shape index (κ1) is 38.4. The van der Waals surface area contributed by atoms with Crippen LogP contribution in [0.3, 0.4) is 0 Å². The molecule has 0 N–H and O–H groups in total. The average Bonchev–Trinajstić information content (AvgIpc) is 2.97. The predicted octanol–water partition coefficient (Wildman–Crippen LogP) is 12.2. The first-order valence-corrected chi connectivity index (χ1v) is 22.3. The van der Waals surface area contributed by atoms with Crippen molar-refractivity contribution in [3.8, 4) is 0 Å². The zero-order valence-electron chi connectivity index (χ0n) is 32.4. The molecule has 3 aromatic rings. The number of hydrogen-bond acceptors (Lipinski definition) is 1. The van der Waals surface area contributed by atoms with E-state index in [4.69, 9.17) is 3.76 Å². The van der Waals surface area contributed by atoms with Crippen LogP contribution in [0.4, 0.5) is 0 Å². The first-order valence-electron chi connectivity index (χ1n) is 18.2. The second kappa shape index (κ2) is 15.4. The summed E-state index contributed by atoms with van der Waals surface area (Å²) in [4.78, 5) is 2.75. The zero-order valence-corrected chi connectivity index (χ0v) is 34.5. The standard InChI is InChI=1S/C44H66GeO/c1-17-46-45(27-41(44(14,15)16)34-21-19-18-20-22-34,42-37(30(6)7)23-35(28(2)3)24-38(42)31(8)9)43-39(32(10)11)25-36(29(4)5)26-40(43)33(12)13/h18-33H,17H2,1-16H3/b41-27+. The van der Waals surface area contributed by atoms with Crippen molar-refractivity contribution in [2.75, 3.05) is 6.61 Å². The van der Waals surface area contributed by atoms with E-state index in [9.17, 15) is 0 Å². The van der Waals surface area contributed by atoms with Gasteiger partial charge < -0.3 is 0 Å². The summed E-state index contributed by atoms with van der Waals surface area (Å²) in [6.45, 7) is 38.6. The molecule has 0 aliphatic rings. The molecule has 0 saturated heterocycles. The second-order valence-corrected chi connectivity index (χ2v) is 22.8. The van der Waals surface area contributed by atoms with E-state index in [1.165, 1.54) is 53.3 Å². The summed E-state index contributed by atoms with van der Waals surface area (Å²) in [5.74, 6) is 2.43. The van der Waals surface area contributed by atoms with Crippen LogP contribution in [0, 0.1) is 5.41 Å². The summed E-state index contributed by atoms with van der Waals surface area (Å²) in [6, 6.07) is 21.3. The van der Waals surface area contributed by atoms with E-state index < -0.39 is 13.6 Å². The van der Waals surface area contributed by atoms with Crippen molar-refractivity contribution in [2.45, 2.75) is 146 Å². The summed E-state index contributed by atoms with van der Waals surface area (Å²) in [5, 5.41) is 0. The Balaban J connectivity index is 2.86. The fraction of sp³-hybridized carbons (Fsp3) is 0.545. The maximum atomic E-state index is 7.72. The molecular formula is C44H66GeO. The molecule has 0 aromatic heterocycles. The van der Waals surface area contributed by atoms with Crippen molar-refractivity contribution in [1.29, 1.82) is 0 Å². The van der Waals surface area contributed by atoms with Crippen molar-refractivity contribution < 1.29 is 3.76 Å². The van der Waals surface area contributed by atoms with Crippen molar-refractivity contribution in [2.24, 2.45) is 5.41 Å². The molecule has 0 amide bonds. The Hall–Kier alpha value is -2.10. The van der Waals surface area contributed by atoms with E-state index in [0.717, 1.165) is 0 Å². The summed E-state index contributed by atoms with van der Waals surface area (Å²) in [5.41, 5.74) is 11.4. The summed E-state index contributed by atoms with van der Waals surface area (Å²) in [6.07, 6.45) is 0. The first-order chi connectivity index (χ1) is 21.4. The number of hydrogen-bond donors (Lipinski definition) is 0. The van der Waals surface area contributed by atoms with E-state index in [0.29, 0.717) is 42.1 Å². The zero-order chi connectivity index (χ0) is 34.7. The van der Waals surface area contributed by atoms with E-state index in [-0.39, 0.29) is 5.41 Å². The van der Waals surface area contributed by atoms with Crippen LogP contribution in [-0.2, 0) is 3.76 Å². The Morgan fingerprint density at radius 1 is 0.587 bits per heavy atom. The maximum absolute atomic E-state index is 7.72. The summed E-state index contributed by atoms with van der Waals surface area (Å²) < 4.78 is 10.8. The quantitative estimate of drug-likeness (QED) is 0.173. The van der Waals surface area contributed by atoms with Gasteiger partial charge >= 0.3 is 288 Å². The molecule has 0 atom stereocenters. The molecule has 1 nitrogen and oxygen atoms in total. The van der Waals surface area contributed by atoms with Crippen LogP contribution in [-0.4, -0.2) is 20.2 Å². The second-order valence-electron chi connectivity index (χ2n) is 16.4. The molecule has 0 fully saturated rings. The minimum atomic E-state index is -3.92. The Kier molecular flexibility index (Phi) is 12.9. The van der Waals surface area contributed by atoms with Crippen LogP contribution < -0.4 is 8.79 Å². The molecule has 0 aliphatic heterocycles. The van der Waals surface area contributed by atoms with Crippen LogP contribution in [0.25, 0.3) is 5.57 Å². The number of benzene rings is 3. The minimum absolute atomic E-state index is 0.0727. The molecule has 3 rings (SSSR count). The van der Waals surface area contributed by atoms with Crippen LogP contribution in [0.15, 0.2) is 59.5 Å². The molecule has 46 heavy (non-hydrogen) atoms. The fourth-order valence-corrected chi connectivity index (χ4v) is 18.6. The molecule has 0 saturated carbocycles. The summed E-state index contributed by atoms with van der Waals surface area (Å²) in [7, 11) is 0. The van der Waals surface area contributed by atoms with Gasteiger partial charge in [-0.2, -0.15) is 0 Å². The van der Waals surface area contributed by atoms with Gasteiger partial charge in [-0.3, -0.25) is 0 Å². The van der Waals surface area contributed by atoms with Crippen molar-refractivity contribution >= 4 is 28.0 Å². The van der Waals surface area contributed by atoms with Gasteiger partial charge in [-0.15, -0.1) is 0 Å². The Labute approximate surface area is 287 Å². The molecule has 3 aromatic carbocycles. The number of allylic oxidation sites excluding steroid dienone is 1. The van der Waals surface area contributed by atoms with Crippen molar-refractivity contribution in [3.63, 3.8) is 0 Å². The topological polar surface area (TPSA) is 9.23 Å². The van der Waals surface area contributed by atoms with Crippen LogP contribution >= 0.6 is 0 Å². The van der Waals surface area contributed by atoms with E-state index >= 15 is 0 Å². The third-order valence-corrected chi connectivity index (χ3v) is 18.2. The molecule has 0 heterocycles. The van der Waals surface area contributed by atoms with E-state index in [2.05, 4.69) is 170 Å². The van der Waals surface area contributed by atoms with Crippen LogP contribution in [0.2, 0.25) is 0 Å². The molecule has 0 bridgehead atoms. The number of rotatable bonds is 12. The fourth-order valence-electron chi connectivity index (χ4n) is 7.01. The van der Waals surface area contributed by atoms with E-state index in [1.54, 1.807) is 0 Å². The molecule has 0 radical (unpaired) electrons. The van der Waals surface area contributed by atoms with Gasteiger partial charge in [0.2, 0.25) is 0 Å². The summed E-state index contributed by atoms with van der Waals surface area (Å²) >= 11 is -3.92. The Morgan fingerprint density at radius 3 is 1.20 bits per heavy atom. The molecule has 0 spiro atoms. The van der Waals surface area contributed by atoms with Gasteiger partial charge in [0.05, 0.1) is 0 Å². The SMILES string of the molecule is CC[O][Ge](/[CH]=C(\c1ccccc1)C(C)(C)C)([c]1c(C(C)C)cc(C(C)C)cc1C(C)C)[c]1c(C(C)C)cc(C(C)C)cc1C(C)C. The third-order valence-electron chi connectivity index (χ3n) is 9.62. The Bertz CT molecular complexity index is 1340. The average molecular weight is 684 g/mol. The monoisotopic (exact) mass is 684 g/mol. The van der Waals surface area contributed by atoms with Gasteiger partial charge in [0.15, 0.2) is 0 Å². The van der Waals surface area contributed by atoms with Crippen molar-refractivity contribution in [3.05, 3.63) is 98.4 Å². The van der Waals surface area contributed by atoms with E-state index in [1.807, 2.05) is 0 Å². The molecular weight excluding hydrogens is 617 g/mol. The van der Waals surface area contributed by atoms with Gasteiger partial charge in [-0.1, -0.05) is 0 Å². The predicted molar refractivity (Wildman–Crippen MR) is 208 cm³/mol.